The highest BCUT2D eigenvalue weighted by atomic mass is 16.6. The predicted molar refractivity (Wildman–Crippen MR) is 335 cm³/mol. The van der Waals surface area contributed by atoms with Crippen LogP contribution in [0.25, 0.3) is 0 Å². The Hall–Kier alpha value is -1.59. The van der Waals surface area contributed by atoms with E-state index in [1.165, 1.54) is 321 Å². The molecule has 0 N–H and O–H groups in total. The third kappa shape index (κ3) is 65.1. The molecule has 0 saturated heterocycles. The maximum absolute atomic E-state index is 12.9. The van der Waals surface area contributed by atoms with E-state index < -0.39 is 6.10 Å². The fourth-order valence-electron chi connectivity index (χ4n) is 11.3. The number of carbonyl (C=O) groups is 3. The summed E-state index contributed by atoms with van der Waals surface area (Å²) >= 11 is 0. The monoisotopic (exact) mass is 1090 g/mol. The Morgan fingerprint density at radius 2 is 0.351 bits per heavy atom. The van der Waals surface area contributed by atoms with Gasteiger partial charge in [-0.2, -0.15) is 0 Å². The van der Waals surface area contributed by atoms with Gasteiger partial charge in [-0.1, -0.05) is 380 Å². The number of rotatable bonds is 67. The minimum atomic E-state index is -0.763. The first-order chi connectivity index (χ1) is 38.0. The molecule has 0 rings (SSSR count). The quantitative estimate of drug-likeness (QED) is 0.0343. The van der Waals surface area contributed by atoms with Crippen molar-refractivity contribution >= 4 is 17.9 Å². The summed E-state index contributed by atoms with van der Waals surface area (Å²) in [6.07, 6.45) is 78.5. The van der Waals surface area contributed by atoms with Crippen molar-refractivity contribution in [1.29, 1.82) is 0 Å². The summed E-state index contributed by atoms with van der Waals surface area (Å²) in [5.74, 6) is -0.821. The molecule has 0 bridgehead atoms. The second-order valence-electron chi connectivity index (χ2n) is 24.5. The predicted octanol–water partition coefficient (Wildman–Crippen LogP) is 24.2. The van der Waals surface area contributed by atoms with E-state index in [9.17, 15) is 14.4 Å². The van der Waals surface area contributed by atoms with Crippen molar-refractivity contribution in [1.82, 2.24) is 0 Å². The van der Waals surface area contributed by atoms with E-state index in [1.54, 1.807) is 0 Å². The van der Waals surface area contributed by atoms with Crippen molar-refractivity contribution in [3.63, 3.8) is 0 Å². The number of carbonyl (C=O) groups excluding carboxylic acids is 3. The van der Waals surface area contributed by atoms with Crippen molar-refractivity contribution in [2.45, 2.75) is 425 Å². The Bertz CT molecular complexity index is 1160. The minimum absolute atomic E-state index is 0.0603. The average Bonchev–Trinajstić information content (AvgIpc) is 3.43. The van der Waals surface area contributed by atoms with Crippen molar-refractivity contribution < 1.29 is 28.6 Å². The van der Waals surface area contributed by atoms with Crippen LogP contribution < -0.4 is 0 Å². The second-order valence-corrected chi connectivity index (χ2v) is 24.5. The van der Waals surface area contributed by atoms with Crippen LogP contribution in [0, 0.1) is 0 Å². The fraction of sp³-hybridized carbons (Fsp3) is 0.958. The van der Waals surface area contributed by atoms with Crippen LogP contribution in [-0.2, 0) is 28.6 Å². The van der Waals surface area contributed by atoms with Crippen molar-refractivity contribution in [3.05, 3.63) is 0 Å². The molecule has 6 nitrogen and oxygen atoms in total. The van der Waals surface area contributed by atoms with Gasteiger partial charge in [-0.25, -0.2) is 0 Å². The summed E-state index contributed by atoms with van der Waals surface area (Å²) in [4.78, 5) is 38.4. The maximum Gasteiger partial charge on any atom is 0.306 e. The Balaban J connectivity index is 4.14. The average molecular weight is 1090 g/mol. The topological polar surface area (TPSA) is 78.9 Å². The molecule has 0 amide bonds. The third-order valence-electron chi connectivity index (χ3n) is 16.6. The van der Waals surface area contributed by atoms with Gasteiger partial charge in [-0.3, -0.25) is 14.4 Å². The van der Waals surface area contributed by atoms with Crippen LogP contribution >= 0.6 is 0 Å². The Kier molecular flexibility index (Phi) is 65.5. The maximum atomic E-state index is 12.9. The summed E-state index contributed by atoms with van der Waals surface area (Å²) in [7, 11) is 0. The molecular weight excluding hydrogens is 949 g/mol. The van der Waals surface area contributed by atoms with E-state index in [-0.39, 0.29) is 31.1 Å². The number of hydrogen-bond donors (Lipinski definition) is 0. The summed E-state index contributed by atoms with van der Waals surface area (Å²) < 4.78 is 17.0. The molecule has 0 aromatic rings. The molecule has 0 spiro atoms. The molecule has 0 heterocycles. The van der Waals surface area contributed by atoms with E-state index in [2.05, 4.69) is 20.8 Å². The smallest absolute Gasteiger partial charge is 0.306 e. The molecule has 77 heavy (non-hydrogen) atoms. The summed E-state index contributed by atoms with van der Waals surface area (Å²) in [5, 5.41) is 0. The van der Waals surface area contributed by atoms with Crippen LogP contribution in [0.4, 0.5) is 0 Å². The Morgan fingerprint density at radius 3 is 0.519 bits per heavy atom. The van der Waals surface area contributed by atoms with E-state index in [1.807, 2.05) is 0 Å². The first-order valence-corrected chi connectivity index (χ1v) is 35.5. The van der Waals surface area contributed by atoms with Crippen LogP contribution in [0.1, 0.15) is 419 Å². The Labute approximate surface area is 482 Å². The lowest BCUT2D eigenvalue weighted by Gasteiger charge is -2.18. The van der Waals surface area contributed by atoms with E-state index in [4.69, 9.17) is 14.2 Å². The zero-order valence-corrected chi connectivity index (χ0v) is 52.8. The molecule has 0 fully saturated rings. The zero-order valence-electron chi connectivity index (χ0n) is 52.8. The normalized spacial score (nSPS) is 11.9. The van der Waals surface area contributed by atoms with Gasteiger partial charge in [-0.15, -0.1) is 0 Å². The van der Waals surface area contributed by atoms with Gasteiger partial charge in [0.1, 0.15) is 13.2 Å². The van der Waals surface area contributed by atoms with E-state index in [0.717, 1.165) is 57.8 Å². The van der Waals surface area contributed by atoms with Crippen LogP contribution in [0.5, 0.6) is 0 Å². The highest BCUT2D eigenvalue weighted by Gasteiger charge is 2.19. The lowest BCUT2D eigenvalue weighted by molar-refractivity contribution is -0.167. The number of unbranched alkanes of at least 4 members (excludes halogenated alkanes) is 56. The lowest BCUT2D eigenvalue weighted by Crippen LogP contribution is -2.30. The largest absolute Gasteiger partial charge is 0.462 e. The standard InChI is InChI=1S/C71H138O6/c1-4-7-10-13-16-19-22-25-27-29-31-32-33-34-35-36-37-38-39-40-42-43-46-49-52-55-58-61-64-70(73)76-67-68(66-75-69(72)63-60-57-54-51-48-45-24-21-18-15-12-9-6-3)77-71(74)65-62-59-56-53-50-47-44-41-30-28-26-23-20-17-14-11-8-5-2/h68H,4-67H2,1-3H3. The lowest BCUT2D eigenvalue weighted by atomic mass is 10.0. The highest BCUT2D eigenvalue weighted by molar-refractivity contribution is 5.71. The number of esters is 3. The molecule has 6 heteroatoms. The van der Waals surface area contributed by atoms with Gasteiger partial charge in [0.05, 0.1) is 0 Å². The molecule has 0 aliphatic heterocycles. The van der Waals surface area contributed by atoms with Crippen molar-refractivity contribution in [2.24, 2.45) is 0 Å². The number of hydrogen-bond acceptors (Lipinski definition) is 6. The van der Waals surface area contributed by atoms with Gasteiger partial charge in [0.2, 0.25) is 0 Å². The van der Waals surface area contributed by atoms with Crippen LogP contribution in [0.15, 0.2) is 0 Å². The SMILES string of the molecule is CCCCCCCCCCCCCCCCCCCCCCCCCCCCCCC(=O)OCC(COC(=O)CCCCCCCCCCCCCCC)OC(=O)CCCCCCCCCCCCCCCCCCCC. The van der Waals surface area contributed by atoms with Gasteiger partial charge in [0.25, 0.3) is 0 Å². The summed E-state index contributed by atoms with van der Waals surface area (Å²) in [5.41, 5.74) is 0. The van der Waals surface area contributed by atoms with E-state index >= 15 is 0 Å². The van der Waals surface area contributed by atoms with Crippen molar-refractivity contribution in [2.75, 3.05) is 13.2 Å². The van der Waals surface area contributed by atoms with Gasteiger partial charge in [-0.05, 0) is 19.3 Å². The van der Waals surface area contributed by atoms with Crippen molar-refractivity contribution in [3.8, 4) is 0 Å². The summed E-state index contributed by atoms with van der Waals surface area (Å²) in [6.45, 7) is 6.74. The molecule has 1 atom stereocenters. The first-order valence-electron chi connectivity index (χ1n) is 35.5. The van der Waals surface area contributed by atoms with Gasteiger partial charge < -0.3 is 14.2 Å². The van der Waals surface area contributed by atoms with Gasteiger partial charge >= 0.3 is 17.9 Å². The molecule has 0 aliphatic carbocycles. The molecule has 0 saturated carbocycles. The Morgan fingerprint density at radius 1 is 0.208 bits per heavy atom. The second kappa shape index (κ2) is 66.9. The van der Waals surface area contributed by atoms with Crippen LogP contribution in [-0.4, -0.2) is 37.2 Å². The molecular formula is C71H138O6. The first kappa shape index (κ1) is 75.4. The minimum Gasteiger partial charge on any atom is -0.462 e. The van der Waals surface area contributed by atoms with Crippen LogP contribution in [0.2, 0.25) is 0 Å². The third-order valence-corrected chi connectivity index (χ3v) is 16.6. The van der Waals surface area contributed by atoms with Gasteiger partial charge in [0.15, 0.2) is 6.10 Å². The highest BCUT2D eigenvalue weighted by Crippen LogP contribution is 2.19. The molecule has 0 aromatic carbocycles. The molecule has 0 radical (unpaired) electrons. The zero-order chi connectivity index (χ0) is 55.7. The molecule has 1 unspecified atom stereocenters. The van der Waals surface area contributed by atoms with E-state index in [0.29, 0.717) is 19.3 Å². The van der Waals surface area contributed by atoms with Gasteiger partial charge in [0, 0.05) is 19.3 Å². The van der Waals surface area contributed by atoms with Crippen LogP contribution in [0.3, 0.4) is 0 Å². The molecule has 458 valence electrons. The fourth-order valence-corrected chi connectivity index (χ4v) is 11.3. The number of ether oxygens (including phenoxy) is 3. The molecule has 0 aliphatic rings. The molecule has 0 aromatic heterocycles. The summed E-state index contributed by atoms with van der Waals surface area (Å²) in [6, 6.07) is 0.